The van der Waals surface area contributed by atoms with E-state index < -0.39 is 28.2 Å². The van der Waals surface area contributed by atoms with Crippen molar-refractivity contribution in [2.24, 2.45) is 23.2 Å². The van der Waals surface area contributed by atoms with E-state index in [1.807, 2.05) is 13.8 Å². The van der Waals surface area contributed by atoms with Gasteiger partial charge in [-0.2, -0.15) is 0 Å². The Morgan fingerprint density at radius 2 is 1.83 bits per heavy atom. The van der Waals surface area contributed by atoms with Gasteiger partial charge in [-0.05, 0) is 57.8 Å². The first-order valence-electron chi connectivity index (χ1n) is 13.4. The number of esters is 1. The number of rotatable bonds is 11. The Morgan fingerprint density at radius 1 is 1.17 bits per heavy atom. The summed E-state index contributed by atoms with van der Waals surface area (Å²) in [4.78, 5) is 42.8. The summed E-state index contributed by atoms with van der Waals surface area (Å²) in [5, 5.41) is 12.4. The zero-order valence-electron chi connectivity index (χ0n) is 22.7. The van der Waals surface area contributed by atoms with E-state index in [4.69, 9.17) is 9.84 Å². The molecule has 0 aromatic carbocycles. The minimum atomic E-state index is -0.605. The van der Waals surface area contributed by atoms with Gasteiger partial charge in [-0.1, -0.05) is 40.5 Å². The van der Waals surface area contributed by atoms with Crippen LogP contribution in [0.1, 0.15) is 87.0 Å². The van der Waals surface area contributed by atoms with Crippen molar-refractivity contribution in [1.82, 2.24) is 10.2 Å². The molecule has 3 rings (SSSR count). The molecule has 0 aliphatic carbocycles. The molecule has 200 valence electrons. The minimum absolute atomic E-state index is 0.0163. The highest BCUT2D eigenvalue weighted by Gasteiger charge is 2.76. The standard InChI is InChI=1S/C27H46N2O5S/c1-8-34-24(33)19-18-15-17(2)27(35-18)20(19)23(32)29(13-11-9-10-12-14-30)21(27)22(31)28-26(6,7)16-25(3,4)5/h17-21,30H,8-16H2,1-7H3,(H,28,31)/t17?,18-,19+,20+,21?,27?/m1/s1. The van der Waals surface area contributed by atoms with Gasteiger partial charge in [0.1, 0.15) is 6.04 Å². The minimum Gasteiger partial charge on any atom is -0.466 e. The van der Waals surface area contributed by atoms with Crippen LogP contribution in [-0.4, -0.2) is 69.1 Å². The number of ether oxygens (including phenoxy) is 1. The van der Waals surface area contributed by atoms with Gasteiger partial charge in [-0.15, -0.1) is 11.8 Å². The second-order valence-corrected chi connectivity index (χ2v) is 14.1. The third-order valence-electron chi connectivity index (χ3n) is 7.79. The number of likely N-dealkylation sites (tertiary alicyclic amines) is 1. The lowest BCUT2D eigenvalue weighted by Gasteiger charge is -2.41. The highest BCUT2D eigenvalue weighted by atomic mass is 32.2. The van der Waals surface area contributed by atoms with E-state index >= 15 is 0 Å². The SMILES string of the molecule is CCOC(=O)[C@@H]1[C@H]2C(=O)N(CCCCCCO)C(C(=O)NC(C)(C)CC(C)(C)C)C23S[C@@H]1CC3C. The van der Waals surface area contributed by atoms with Gasteiger partial charge in [-0.3, -0.25) is 14.4 Å². The topological polar surface area (TPSA) is 95.9 Å². The summed E-state index contributed by atoms with van der Waals surface area (Å²) in [7, 11) is 0. The molecule has 2 amide bonds. The largest absolute Gasteiger partial charge is 0.466 e. The van der Waals surface area contributed by atoms with Crippen molar-refractivity contribution in [2.45, 2.75) is 109 Å². The van der Waals surface area contributed by atoms with Gasteiger partial charge >= 0.3 is 5.97 Å². The van der Waals surface area contributed by atoms with Gasteiger partial charge in [0.2, 0.25) is 11.8 Å². The Bertz CT molecular complexity index is 810. The Labute approximate surface area is 215 Å². The maximum absolute atomic E-state index is 14.0. The highest BCUT2D eigenvalue weighted by molar-refractivity contribution is 8.02. The molecule has 8 heteroatoms. The number of unbranched alkanes of at least 4 members (excludes halogenated alkanes) is 3. The average Bonchev–Trinajstić information content (AvgIpc) is 3.29. The molecule has 1 spiro atoms. The van der Waals surface area contributed by atoms with Crippen LogP contribution in [0.3, 0.4) is 0 Å². The third kappa shape index (κ3) is 5.53. The van der Waals surface area contributed by atoms with E-state index in [-0.39, 0.29) is 47.6 Å². The third-order valence-corrected chi connectivity index (χ3v) is 9.87. The van der Waals surface area contributed by atoms with Crippen LogP contribution in [0.2, 0.25) is 0 Å². The second-order valence-electron chi connectivity index (χ2n) is 12.6. The van der Waals surface area contributed by atoms with Gasteiger partial charge in [0.15, 0.2) is 0 Å². The summed E-state index contributed by atoms with van der Waals surface area (Å²) in [5.41, 5.74) is -0.386. The maximum Gasteiger partial charge on any atom is 0.310 e. The molecule has 6 atom stereocenters. The van der Waals surface area contributed by atoms with Crippen molar-refractivity contribution in [1.29, 1.82) is 0 Å². The van der Waals surface area contributed by atoms with Crippen molar-refractivity contribution in [3.63, 3.8) is 0 Å². The molecule has 3 aliphatic heterocycles. The van der Waals surface area contributed by atoms with Crippen molar-refractivity contribution in [2.75, 3.05) is 19.8 Å². The first kappa shape index (κ1) is 28.3. The van der Waals surface area contributed by atoms with E-state index in [1.165, 1.54) is 0 Å². The number of carbonyl (C=O) groups excluding carboxylic acids is 3. The molecule has 0 radical (unpaired) electrons. The van der Waals surface area contributed by atoms with Crippen LogP contribution in [0.4, 0.5) is 0 Å². The fraction of sp³-hybridized carbons (Fsp3) is 0.889. The quantitative estimate of drug-likeness (QED) is 0.325. The normalized spacial score (nSPS) is 32.2. The Morgan fingerprint density at radius 3 is 2.43 bits per heavy atom. The van der Waals surface area contributed by atoms with E-state index in [1.54, 1.807) is 23.6 Å². The smallest absolute Gasteiger partial charge is 0.310 e. The molecule has 2 N–H and O–H groups in total. The zero-order chi connectivity index (χ0) is 26.2. The molecule has 3 heterocycles. The molecule has 0 aromatic rings. The summed E-state index contributed by atoms with van der Waals surface area (Å²) in [5.74, 6) is -1.32. The number of nitrogens with zero attached hydrogens (tertiary/aromatic N) is 1. The number of fused-ring (bicyclic) bond motifs is 1. The number of aliphatic hydroxyl groups excluding tert-OH is 1. The molecule has 3 fully saturated rings. The van der Waals surface area contributed by atoms with Gasteiger partial charge in [0.05, 0.1) is 23.2 Å². The summed E-state index contributed by atoms with van der Waals surface area (Å²) >= 11 is 1.69. The van der Waals surface area contributed by atoms with E-state index in [2.05, 4.69) is 33.0 Å². The average molecular weight is 511 g/mol. The first-order valence-corrected chi connectivity index (χ1v) is 14.2. The van der Waals surface area contributed by atoms with Gasteiger partial charge in [0, 0.05) is 23.9 Å². The predicted octanol–water partition coefficient (Wildman–Crippen LogP) is 3.77. The fourth-order valence-electron chi connectivity index (χ4n) is 7.09. The van der Waals surface area contributed by atoms with Crippen molar-refractivity contribution >= 4 is 29.5 Å². The highest BCUT2D eigenvalue weighted by Crippen LogP contribution is 2.68. The maximum atomic E-state index is 14.0. The van der Waals surface area contributed by atoms with Gasteiger partial charge in [-0.25, -0.2) is 0 Å². The molecule has 3 aliphatic rings. The van der Waals surface area contributed by atoms with Crippen molar-refractivity contribution in [3.8, 4) is 0 Å². The summed E-state index contributed by atoms with van der Waals surface area (Å²) < 4.78 is 4.81. The Balaban J connectivity index is 1.93. The van der Waals surface area contributed by atoms with E-state index in [0.717, 1.165) is 38.5 Å². The summed E-state index contributed by atoms with van der Waals surface area (Å²) in [6.07, 6.45) is 4.92. The monoisotopic (exact) mass is 510 g/mol. The number of aliphatic hydroxyl groups is 1. The van der Waals surface area contributed by atoms with Gasteiger partial charge < -0.3 is 20.1 Å². The molecule has 2 bridgehead atoms. The van der Waals surface area contributed by atoms with Crippen LogP contribution in [0.5, 0.6) is 0 Å². The van der Waals surface area contributed by atoms with Crippen LogP contribution in [0.25, 0.3) is 0 Å². The molecular weight excluding hydrogens is 464 g/mol. The van der Waals surface area contributed by atoms with Crippen LogP contribution < -0.4 is 5.32 Å². The molecular formula is C27H46N2O5S. The fourth-order valence-corrected chi connectivity index (χ4v) is 9.50. The number of thioether (sulfide) groups is 1. The van der Waals surface area contributed by atoms with Crippen molar-refractivity contribution in [3.05, 3.63) is 0 Å². The van der Waals surface area contributed by atoms with Crippen LogP contribution in [-0.2, 0) is 19.1 Å². The lowest BCUT2D eigenvalue weighted by molar-refractivity contribution is -0.154. The molecule has 3 unspecified atom stereocenters. The van der Waals surface area contributed by atoms with Crippen LogP contribution in [0.15, 0.2) is 0 Å². The molecule has 0 aromatic heterocycles. The van der Waals surface area contributed by atoms with Crippen LogP contribution >= 0.6 is 11.8 Å². The summed E-state index contributed by atoms with van der Waals surface area (Å²) in [6.45, 7) is 15.5. The van der Waals surface area contributed by atoms with Gasteiger partial charge in [0.25, 0.3) is 0 Å². The predicted molar refractivity (Wildman–Crippen MR) is 139 cm³/mol. The second kappa shape index (κ2) is 10.6. The number of nitrogens with one attached hydrogen (secondary N) is 1. The Kier molecular flexibility index (Phi) is 8.57. The number of hydrogen-bond acceptors (Lipinski definition) is 6. The lowest BCUT2D eigenvalue weighted by atomic mass is 9.66. The molecule has 0 saturated carbocycles. The first-order chi connectivity index (χ1) is 16.3. The van der Waals surface area contributed by atoms with E-state index in [0.29, 0.717) is 6.54 Å². The van der Waals surface area contributed by atoms with E-state index in [9.17, 15) is 14.4 Å². The molecule has 7 nitrogen and oxygen atoms in total. The summed E-state index contributed by atoms with van der Waals surface area (Å²) in [6, 6.07) is -0.596. The molecule has 35 heavy (non-hydrogen) atoms. The number of carbonyl (C=O) groups is 3. The zero-order valence-corrected chi connectivity index (χ0v) is 23.5. The molecule has 3 saturated heterocycles. The Hall–Kier alpha value is -1.28. The van der Waals surface area contributed by atoms with Crippen LogP contribution in [0, 0.1) is 23.2 Å². The lowest BCUT2D eigenvalue weighted by Crippen LogP contribution is -2.60. The van der Waals surface area contributed by atoms with Crippen molar-refractivity contribution < 1.29 is 24.2 Å². The number of hydrogen-bond donors (Lipinski definition) is 2. The number of amides is 2.